The van der Waals surface area contributed by atoms with Crippen LogP contribution in [0.1, 0.15) is 40.8 Å². The molecule has 1 N–H and O–H groups in total. The van der Waals surface area contributed by atoms with Crippen molar-refractivity contribution < 1.29 is 18.7 Å². The van der Waals surface area contributed by atoms with Crippen molar-refractivity contribution in [3.8, 4) is 5.75 Å². The summed E-state index contributed by atoms with van der Waals surface area (Å²) in [6, 6.07) is 5.13. The van der Waals surface area contributed by atoms with Crippen LogP contribution in [0, 0.1) is 13.8 Å². The van der Waals surface area contributed by atoms with Gasteiger partial charge in [0.05, 0.1) is 18.4 Å². The third kappa shape index (κ3) is 4.17. The number of ketones is 1. The summed E-state index contributed by atoms with van der Waals surface area (Å²) in [5, 5.41) is 3.39. The van der Waals surface area contributed by atoms with Crippen molar-refractivity contribution in [2.75, 3.05) is 12.4 Å². The fourth-order valence-electron chi connectivity index (χ4n) is 2.40. The van der Waals surface area contributed by atoms with Gasteiger partial charge in [-0.15, -0.1) is 0 Å². The SMILES string of the molecule is COc1cc(Cl)c(C)cc1NC(=O)CCc1cc(C(C)=O)c(C)o1. The van der Waals surface area contributed by atoms with Crippen molar-refractivity contribution in [3.63, 3.8) is 0 Å². The topological polar surface area (TPSA) is 68.5 Å². The Morgan fingerprint density at radius 1 is 1.25 bits per heavy atom. The third-order valence-electron chi connectivity index (χ3n) is 3.70. The lowest BCUT2D eigenvalue weighted by Crippen LogP contribution is -2.13. The van der Waals surface area contributed by atoms with Gasteiger partial charge in [-0.25, -0.2) is 0 Å². The van der Waals surface area contributed by atoms with Gasteiger partial charge in [0, 0.05) is 23.9 Å². The van der Waals surface area contributed by atoms with E-state index in [0.717, 1.165) is 5.56 Å². The number of rotatable bonds is 6. The molecular weight excluding hydrogens is 330 g/mol. The summed E-state index contributed by atoms with van der Waals surface area (Å²) >= 11 is 6.05. The molecule has 0 spiro atoms. The molecule has 0 radical (unpaired) electrons. The molecule has 0 saturated heterocycles. The molecule has 2 aromatic rings. The maximum Gasteiger partial charge on any atom is 0.224 e. The van der Waals surface area contributed by atoms with Crippen LogP contribution in [0.5, 0.6) is 5.75 Å². The Bertz CT molecular complexity index is 780. The first-order valence-electron chi connectivity index (χ1n) is 7.56. The van der Waals surface area contributed by atoms with E-state index in [4.69, 9.17) is 20.8 Å². The molecule has 2 rings (SSSR count). The zero-order valence-electron chi connectivity index (χ0n) is 14.2. The number of nitrogens with one attached hydrogen (secondary N) is 1. The minimum absolute atomic E-state index is 0.0478. The Kier molecular flexibility index (Phi) is 5.67. The second kappa shape index (κ2) is 7.53. The number of anilines is 1. The standard InChI is InChI=1S/C18H20ClNO4/c1-10-7-16(17(23-4)9-15(10)19)20-18(22)6-5-13-8-14(11(2)21)12(3)24-13/h7-9H,5-6H2,1-4H3,(H,20,22). The number of methoxy groups -OCH3 is 1. The Balaban J connectivity index is 2.03. The molecule has 0 atom stereocenters. The molecule has 0 fully saturated rings. The number of amides is 1. The number of halogens is 1. The normalized spacial score (nSPS) is 10.5. The van der Waals surface area contributed by atoms with E-state index < -0.39 is 0 Å². The fraction of sp³-hybridized carbons (Fsp3) is 0.333. The highest BCUT2D eigenvalue weighted by molar-refractivity contribution is 6.31. The zero-order valence-corrected chi connectivity index (χ0v) is 14.9. The van der Waals surface area contributed by atoms with Gasteiger partial charge in [0.2, 0.25) is 5.91 Å². The Labute approximate surface area is 145 Å². The number of furan rings is 1. The second-order valence-corrected chi connectivity index (χ2v) is 6.00. The predicted molar refractivity (Wildman–Crippen MR) is 93.1 cm³/mol. The largest absolute Gasteiger partial charge is 0.495 e. The Hall–Kier alpha value is -2.27. The van der Waals surface area contributed by atoms with Crippen molar-refractivity contribution in [2.45, 2.75) is 33.6 Å². The van der Waals surface area contributed by atoms with Crippen LogP contribution in [0.4, 0.5) is 5.69 Å². The monoisotopic (exact) mass is 349 g/mol. The quantitative estimate of drug-likeness (QED) is 0.788. The van der Waals surface area contributed by atoms with Crippen molar-refractivity contribution in [3.05, 3.63) is 45.9 Å². The predicted octanol–water partition coefficient (Wildman–Crippen LogP) is 4.33. The van der Waals surface area contributed by atoms with Crippen LogP contribution in [0.3, 0.4) is 0 Å². The number of carbonyl (C=O) groups excluding carboxylic acids is 2. The molecule has 1 heterocycles. The van der Waals surface area contributed by atoms with E-state index in [1.54, 1.807) is 25.1 Å². The summed E-state index contributed by atoms with van der Waals surface area (Å²) < 4.78 is 10.7. The summed E-state index contributed by atoms with van der Waals surface area (Å²) in [6.07, 6.45) is 0.643. The van der Waals surface area contributed by atoms with E-state index >= 15 is 0 Å². The molecule has 0 bridgehead atoms. The lowest BCUT2D eigenvalue weighted by atomic mass is 10.1. The number of hydrogen-bond acceptors (Lipinski definition) is 4. The van der Waals surface area contributed by atoms with Gasteiger partial charge in [0.25, 0.3) is 0 Å². The van der Waals surface area contributed by atoms with Crippen molar-refractivity contribution >= 4 is 29.0 Å². The van der Waals surface area contributed by atoms with E-state index in [1.165, 1.54) is 14.0 Å². The molecule has 1 aromatic carbocycles. The molecule has 24 heavy (non-hydrogen) atoms. The van der Waals surface area contributed by atoms with Crippen LogP contribution >= 0.6 is 11.6 Å². The maximum atomic E-state index is 12.2. The second-order valence-electron chi connectivity index (χ2n) is 5.59. The van der Waals surface area contributed by atoms with Gasteiger partial charge in [-0.3, -0.25) is 9.59 Å². The van der Waals surface area contributed by atoms with E-state index in [-0.39, 0.29) is 18.1 Å². The average molecular weight is 350 g/mol. The van der Waals surface area contributed by atoms with Crippen molar-refractivity contribution in [1.29, 1.82) is 0 Å². The van der Waals surface area contributed by atoms with Crippen LogP contribution in [-0.4, -0.2) is 18.8 Å². The van der Waals surface area contributed by atoms with Gasteiger partial charge in [-0.1, -0.05) is 11.6 Å². The van der Waals surface area contributed by atoms with Crippen molar-refractivity contribution in [1.82, 2.24) is 0 Å². The molecule has 0 saturated carbocycles. The first kappa shape index (κ1) is 18.1. The van der Waals surface area contributed by atoms with Crippen LogP contribution in [0.15, 0.2) is 22.6 Å². The van der Waals surface area contributed by atoms with E-state index in [2.05, 4.69) is 5.32 Å². The molecule has 0 aliphatic rings. The van der Waals surface area contributed by atoms with Gasteiger partial charge in [0.15, 0.2) is 5.78 Å². The molecule has 1 aromatic heterocycles. The summed E-state index contributed by atoms with van der Waals surface area (Å²) in [6.45, 7) is 5.08. The average Bonchev–Trinajstić information content (AvgIpc) is 2.90. The van der Waals surface area contributed by atoms with Gasteiger partial charge in [-0.2, -0.15) is 0 Å². The smallest absolute Gasteiger partial charge is 0.224 e. The zero-order chi connectivity index (χ0) is 17.9. The number of aryl methyl sites for hydroxylation is 3. The van der Waals surface area contributed by atoms with E-state index in [9.17, 15) is 9.59 Å². The van der Waals surface area contributed by atoms with Gasteiger partial charge < -0.3 is 14.5 Å². The van der Waals surface area contributed by atoms with Crippen molar-refractivity contribution in [2.24, 2.45) is 0 Å². The molecule has 5 nitrogen and oxygen atoms in total. The summed E-state index contributed by atoms with van der Waals surface area (Å²) in [7, 11) is 1.52. The highest BCUT2D eigenvalue weighted by atomic mass is 35.5. The molecule has 1 amide bonds. The summed E-state index contributed by atoms with van der Waals surface area (Å²) in [4.78, 5) is 23.6. The Morgan fingerprint density at radius 3 is 2.54 bits per heavy atom. The van der Waals surface area contributed by atoms with Gasteiger partial charge in [0.1, 0.15) is 17.3 Å². The lowest BCUT2D eigenvalue weighted by molar-refractivity contribution is -0.116. The first-order chi connectivity index (χ1) is 11.3. The van der Waals surface area contributed by atoms with Crippen LogP contribution < -0.4 is 10.1 Å². The minimum atomic E-state index is -0.173. The molecule has 0 unspecified atom stereocenters. The lowest BCUT2D eigenvalue weighted by Gasteiger charge is -2.12. The molecule has 0 aliphatic heterocycles. The molecule has 128 valence electrons. The summed E-state index contributed by atoms with van der Waals surface area (Å²) in [5.41, 5.74) is 1.98. The van der Waals surface area contributed by atoms with Gasteiger partial charge in [-0.05, 0) is 38.5 Å². The first-order valence-corrected chi connectivity index (χ1v) is 7.93. The Morgan fingerprint density at radius 2 is 1.96 bits per heavy atom. The molecular formula is C18H20ClNO4. The van der Waals surface area contributed by atoms with Gasteiger partial charge >= 0.3 is 0 Å². The number of benzene rings is 1. The minimum Gasteiger partial charge on any atom is -0.495 e. The van der Waals surface area contributed by atoms with Crippen LogP contribution in [0.25, 0.3) is 0 Å². The number of Topliss-reactive ketones (excluding diaryl/α,β-unsaturated/α-hetero) is 1. The fourth-order valence-corrected chi connectivity index (χ4v) is 2.55. The number of carbonyl (C=O) groups is 2. The maximum absolute atomic E-state index is 12.2. The third-order valence-corrected chi connectivity index (χ3v) is 4.11. The highest BCUT2D eigenvalue weighted by Crippen LogP contribution is 2.31. The number of hydrogen-bond donors (Lipinski definition) is 1. The van der Waals surface area contributed by atoms with Crippen LogP contribution in [0.2, 0.25) is 5.02 Å². The number of ether oxygens (including phenoxy) is 1. The van der Waals surface area contributed by atoms with Crippen LogP contribution in [-0.2, 0) is 11.2 Å². The highest BCUT2D eigenvalue weighted by Gasteiger charge is 2.14. The van der Waals surface area contributed by atoms with E-state index in [1.807, 2.05) is 6.92 Å². The summed E-state index contributed by atoms with van der Waals surface area (Å²) in [5.74, 6) is 1.48. The molecule has 6 heteroatoms. The molecule has 0 aliphatic carbocycles. The van der Waals surface area contributed by atoms with E-state index in [0.29, 0.717) is 40.0 Å².